The Bertz CT molecular complexity index is 512. The van der Waals surface area contributed by atoms with Crippen LogP contribution in [0.4, 0.5) is 0 Å². The lowest BCUT2D eigenvalue weighted by molar-refractivity contribution is 0.0586. The van der Waals surface area contributed by atoms with Gasteiger partial charge in [0.15, 0.2) is 9.84 Å². The van der Waals surface area contributed by atoms with E-state index in [1.807, 2.05) is 10.7 Å². The van der Waals surface area contributed by atoms with Crippen LogP contribution in [-0.2, 0) is 27.7 Å². The maximum Gasteiger partial charge on any atom is 0.151 e. The number of methoxy groups -OCH3 is 1. The Morgan fingerprint density at radius 3 is 2.95 bits per heavy atom. The van der Waals surface area contributed by atoms with Crippen LogP contribution < -0.4 is 0 Å². The molecule has 0 radical (unpaired) electrons. The Balaban J connectivity index is 2.05. The van der Waals surface area contributed by atoms with Crippen molar-refractivity contribution in [3.63, 3.8) is 0 Å². The minimum atomic E-state index is -2.92. The van der Waals surface area contributed by atoms with Gasteiger partial charge in [-0.3, -0.25) is 9.58 Å². The van der Waals surface area contributed by atoms with E-state index in [2.05, 4.69) is 10.00 Å². The summed E-state index contributed by atoms with van der Waals surface area (Å²) < 4.78 is 30.6. The van der Waals surface area contributed by atoms with Crippen LogP contribution >= 0.6 is 0 Å². The lowest BCUT2D eigenvalue weighted by atomic mass is 10.3. The third-order valence-corrected chi connectivity index (χ3v) is 5.20. The van der Waals surface area contributed by atoms with Gasteiger partial charge in [-0.25, -0.2) is 8.42 Å². The highest BCUT2D eigenvalue weighted by Crippen LogP contribution is 2.13. The molecule has 0 unspecified atom stereocenters. The van der Waals surface area contributed by atoms with Gasteiger partial charge in [0, 0.05) is 38.7 Å². The smallest absolute Gasteiger partial charge is 0.151 e. The summed E-state index contributed by atoms with van der Waals surface area (Å²) in [6.07, 6.45) is 1.82. The summed E-state index contributed by atoms with van der Waals surface area (Å²) in [5.74, 6) is 0.403. The molecule has 0 saturated carbocycles. The lowest BCUT2D eigenvalue weighted by Gasteiger charge is -2.22. The van der Waals surface area contributed by atoms with E-state index in [0.29, 0.717) is 6.54 Å². The molecule has 108 valence electrons. The Morgan fingerprint density at radius 2 is 2.26 bits per heavy atom. The van der Waals surface area contributed by atoms with Crippen LogP contribution in [0.2, 0.25) is 0 Å². The Labute approximate surface area is 114 Å². The molecule has 1 aromatic rings. The molecular formula is C12H21N3O3S. The van der Waals surface area contributed by atoms with E-state index in [1.54, 1.807) is 20.2 Å². The molecule has 0 amide bonds. The molecule has 0 aromatic carbocycles. The predicted octanol–water partition coefficient (Wildman–Crippen LogP) is 0.148. The van der Waals surface area contributed by atoms with Gasteiger partial charge in [-0.15, -0.1) is 0 Å². The first kappa shape index (κ1) is 14.5. The molecular weight excluding hydrogens is 266 g/mol. The second kappa shape index (κ2) is 6.02. The van der Waals surface area contributed by atoms with Crippen LogP contribution in [0.5, 0.6) is 0 Å². The van der Waals surface area contributed by atoms with Gasteiger partial charge in [-0.2, -0.15) is 5.10 Å². The third-order valence-electron chi connectivity index (χ3n) is 3.52. The van der Waals surface area contributed by atoms with Crippen molar-refractivity contribution in [1.82, 2.24) is 14.7 Å². The fourth-order valence-electron chi connectivity index (χ4n) is 2.22. The Morgan fingerprint density at radius 1 is 1.47 bits per heavy atom. The van der Waals surface area contributed by atoms with Crippen LogP contribution in [-0.4, -0.2) is 60.9 Å². The molecule has 2 heterocycles. The standard InChI is InChI=1S/C12H21N3O3S/c1-3-19(16,17)7-6-14-8-11-4-5-13-15(11)10-12(9-14)18-2/h4-5,12H,3,6-10H2,1-2H3/t12-/m0/s1. The minimum Gasteiger partial charge on any atom is -0.378 e. The van der Waals surface area contributed by atoms with E-state index in [4.69, 9.17) is 4.74 Å². The number of hydrogen-bond acceptors (Lipinski definition) is 5. The molecule has 1 aromatic heterocycles. The number of rotatable bonds is 5. The third kappa shape index (κ3) is 3.77. The molecule has 2 rings (SSSR count). The summed E-state index contributed by atoms with van der Waals surface area (Å²) in [6.45, 7) is 4.40. The zero-order chi connectivity index (χ0) is 13.9. The number of aromatic nitrogens is 2. The molecule has 6 nitrogen and oxygen atoms in total. The van der Waals surface area contributed by atoms with Crippen molar-refractivity contribution in [3.05, 3.63) is 18.0 Å². The van der Waals surface area contributed by atoms with Crippen molar-refractivity contribution in [3.8, 4) is 0 Å². The number of ether oxygens (including phenoxy) is 1. The number of hydrogen-bond donors (Lipinski definition) is 0. The molecule has 0 aliphatic carbocycles. The highest BCUT2D eigenvalue weighted by Gasteiger charge is 2.22. The van der Waals surface area contributed by atoms with Crippen LogP contribution in [0, 0.1) is 0 Å². The first-order valence-corrected chi connectivity index (χ1v) is 8.32. The van der Waals surface area contributed by atoms with E-state index >= 15 is 0 Å². The average molecular weight is 287 g/mol. The van der Waals surface area contributed by atoms with Crippen molar-refractivity contribution in [2.24, 2.45) is 0 Å². The summed E-state index contributed by atoms with van der Waals surface area (Å²) >= 11 is 0. The second-order valence-corrected chi connectivity index (χ2v) is 7.31. The van der Waals surface area contributed by atoms with E-state index in [1.165, 1.54) is 0 Å². The molecule has 19 heavy (non-hydrogen) atoms. The van der Waals surface area contributed by atoms with Gasteiger partial charge in [0.25, 0.3) is 0 Å². The van der Waals surface area contributed by atoms with Crippen molar-refractivity contribution < 1.29 is 13.2 Å². The molecule has 7 heteroatoms. The van der Waals surface area contributed by atoms with Crippen molar-refractivity contribution in [2.75, 3.05) is 31.7 Å². The van der Waals surface area contributed by atoms with Crippen LogP contribution in [0.1, 0.15) is 12.6 Å². The summed E-state index contributed by atoms with van der Waals surface area (Å²) in [5, 5.41) is 4.27. The average Bonchev–Trinajstić information content (AvgIpc) is 2.75. The first-order chi connectivity index (χ1) is 9.04. The predicted molar refractivity (Wildman–Crippen MR) is 72.6 cm³/mol. The number of fused-ring (bicyclic) bond motifs is 1. The Hall–Kier alpha value is -0.920. The van der Waals surface area contributed by atoms with E-state index < -0.39 is 9.84 Å². The van der Waals surface area contributed by atoms with Crippen molar-refractivity contribution in [1.29, 1.82) is 0 Å². The number of nitrogens with zero attached hydrogens (tertiary/aromatic N) is 3. The second-order valence-electron chi connectivity index (χ2n) is 4.83. The molecule has 0 N–H and O–H groups in total. The fourth-order valence-corrected chi connectivity index (χ4v) is 3.05. The first-order valence-electron chi connectivity index (χ1n) is 6.50. The van der Waals surface area contributed by atoms with Crippen molar-refractivity contribution in [2.45, 2.75) is 26.1 Å². The highest BCUT2D eigenvalue weighted by atomic mass is 32.2. The summed E-state index contributed by atoms with van der Waals surface area (Å²) in [4.78, 5) is 2.13. The molecule has 0 bridgehead atoms. The van der Waals surface area contributed by atoms with Crippen LogP contribution in [0.25, 0.3) is 0 Å². The van der Waals surface area contributed by atoms with Gasteiger partial charge in [0.05, 0.1) is 24.1 Å². The van der Waals surface area contributed by atoms with Gasteiger partial charge in [-0.1, -0.05) is 6.92 Å². The highest BCUT2D eigenvalue weighted by molar-refractivity contribution is 7.91. The zero-order valence-electron chi connectivity index (χ0n) is 11.4. The zero-order valence-corrected chi connectivity index (χ0v) is 12.3. The molecule has 0 fully saturated rings. The van der Waals surface area contributed by atoms with Gasteiger partial charge in [-0.05, 0) is 6.07 Å². The molecule has 1 aliphatic rings. The van der Waals surface area contributed by atoms with E-state index in [-0.39, 0.29) is 17.6 Å². The van der Waals surface area contributed by atoms with E-state index in [9.17, 15) is 8.42 Å². The van der Waals surface area contributed by atoms with E-state index in [0.717, 1.165) is 25.3 Å². The maximum atomic E-state index is 11.6. The largest absolute Gasteiger partial charge is 0.378 e. The minimum absolute atomic E-state index is 0.0467. The quantitative estimate of drug-likeness (QED) is 0.771. The van der Waals surface area contributed by atoms with Gasteiger partial charge < -0.3 is 4.74 Å². The van der Waals surface area contributed by atoms with Crippen LogP contribution in [0.3, 0.4) is 0 Å². The van der Waals surface area contributed by atoms with Crippen LogP contribution in [0.15, 0.2) is 12.3 Å². The van der Waals surface area contributed by atoms with Gasteiger partial charge >= 0.3 is 0 Å². The molecule has 1 atom stereocenters. The summed E-state index contributed by atoms with van der Waals surface area (Å²) in [5.41, 5.74) is 1.11. The number of sulfone groups is 1. The summed E-state index contributed by atoms with van der Waals surface area (Å²) in [7, 11) is -1.24. The van der Waals surface area contributed by atoms with Crippen molar-refractivity contribution >= 4 is 9.84 Å². The lowest BCUT2D eigenvalue weighted by Crippen LogP contribution is -2.35. The molecule has 1 aliphatic heterocycles. The maximum absolute atomic E-state index is 11.6. The van der Waals surface area contributed by atoms with Gasteiger partial charge in [0.1, 0.15) is 0 Å². The van der Waals surface area contributed by atoms with Gasteiger partial charge in [0.2, 0.25) is 0 Å². The normalized spacial score (nSPS) is 21.1. The topological polar surface area (TPSA) is 64.4 Å². The molecule has 0 saturated heterocycles. The molecule has 0 spiro atoms. The monoisotopic (exact) mass is 287 g/mol. The summed E-state index contributed by atoms with van der Waals surface area (Å²) in [6, 6.07) is 1.97. The SMILES string of the molecule is CCS(=O)(=O)CCN1Cc2ccnn2C[C@@H](OC)C1. The Kier molecular flexibility index (Phi) is 4.59. The fraction of sp³-hybridized carbons (Fsp3) is 0.750.